The van der Waals surface area contributed by atoms with Crippen molar-refractivity contribution in [2.45, 2.75) is 118 Å². The van der Waals surface area contributed by atoms with Gasteiger partial charge >= 0.3 is 267 Å². The third-order valence-corrected chi connectivity index (χ3v) is 19.3. The van der Waals surface area contributed by atoms with E-state index in [1.54, 1.807) is 7.11 Å². The van der Waals surface area contributed by atoms with Crippen molar-refractivity contribution in [2.24, 2.45) is 17.3 Å². The summed E-state index contributed by atoms with van der Waals surface area (Å²) in [7, 11) is 1.76. The summed E-state index contributed by atoms with van der Waals surface area (Å²) in [5.74, 6) is 0.601. The minimum atomic E-state index is -0.989. The predicted octanol–water partition coefficient (Wildman–Crippen LogP) is 2.29. The van der Waals surface area contributed by atoms with Crippen molar-refractivity contribution < 1.29 is 51.2 Å². The first-order chi connectivity index (χ1) is 20.3. The second-order valence-electron chi connectivity index (χ2n) is 14.8. The third kappa shape index (κ3) is 5.06. The van der Waals surface area contributed by atoms with Crippen molar-refractivity contribution in [1.82, 2.24) is 4.90 Å². The Morgan fingerprint density at radius 2 is 1.91 bits per heavy atom. The monoisotopic (exact) mass is 822 g/mol. The number of carboxylic acids is 1. The van der Waals surface area contributed by atoms with Crippen LogP contribution in [0, 0.1) is 17.3 Å². The molecule has 2 saturated carbocycles. The van der Waals surface area contributed by atoms with Gasteiger partial charge in [0.1, 0.15) is 0 Å². The zero-order chi connectivity index (χ0) is 30.9. The zero-order valence-corrected chi connectivity index (χ0v) is 30.3. The number of aliphatic hydroxyl groups is 1. The fraction of sp³-hybridized carbons (Fsp3) is 0.758. The molecule has 2 N–H and O–H groups in total. The molecule has 3 aliphatic carbocycles. The number of carboxylic acid groups (broad SMARTS) is 1. The first-order valence-corrected chi connectivity index (χ1v) is 23.2. The van der Waals surface area contributed by atoms with Crippen LogP contribution in [0.5, 0.6) is 11.5 Å². The Bertz CT molecular complexity index is 1280. The third-order valence-electron chi connectivity index (χ3n) is 11.6. The summed E-state index contributed by atoms with van der Waals surface area (Å²) < 4.78 is 19.4. The molecule has 2 heterocycles. The molecular formula is C33H46I2NO7-. The Morgan fingerprint density at radius 3 is 2.53 bits per heavy atom. The molecule has 1 unspecified atom stereocenters. The fourth-order valence-electron chi connectivity index (χ4n) is 8.70. The number of rotatable bonds is 11. The van der Waals surface area contributed by atoms with Gasteiger partial charge in [-0.3, -0.25) is 4.79 Å². The van der Waals surface area contributed by atoms with Gasteiger partial charge in [-0.05, 0) is 0 Å². The molecule has 2 bridgehead atoms. The number of hydrogen-bond donors (Lipinski definition) is 2. The summed E-state index contributed by atoms with van der Waals surface area (Å²) in [5, 5.41) is 21.2. The van der Waals surface area contributed by atoms with Crippen molar-refractivity contribution in [3.63, 3.8) is 0 Å². The van der Waals surface area contributed by atoms with E-state index in [9.17, 15) is 14.7 Å². The molecule has 1 saturated heterocycles. The van der Waals surface area contributed by atoms with Crippen LogP contribution in [0.2, 0.25) is 0 Å². The Labute approximate surface area is 275 Å². The molecule has 6 rings (SSSR count). The van der Waals surface area contributed by atoms with E-state index in [4.69, 9.17) is 19.3 Å². The normalized spacial score (nSPS) is 34.3. The van der Waals surface area contributed by atoms with Gasteiger partial charge in [0.15, 0.2) is 0 Å². The number of halogens is 2. The van der Waals surface area contributed by atoms with E-state index in [1.165, 1.54) is 24.0 Å². The van der Waals surface area contributed by atoms with E-state index in [1.807, 2.05) is 13.0 Å². The van der Waals surface area contributed by atoms with Gasteiger partial charge in [-0.2, -0.15) is 0 Å². The molecular weight excluding hydrogens is 776 g/mol. The van der Waals surface area contributed by atoms with E-state index in [0.717, 1.165) is 38.3 Å². The number of carbonyl (C=O) groups excluding carboxylic acids is 1. The van der Waals surface area contributed by atoms with Crippen molar-refractivity contribution >= 4 is 30.6 Å². The molecule has 0 amide bonds. The van der Waals surface area contributed by atoms with Gasteiger partial charge in [-0.25, -0.2) is 0 Å². The van der Waals surface area contributed by atoms with E-state index in [2.05, 4.69) is 50.4 Å². The fourth-order valence-corrected chi connectivity index (χ4v) is 16.8. The molecule has 0 aromatic heterocycles. The molecule has 8 nitrogen and oxygen atoms in total. The Hall–Kier alpha value is -0.700. The average molecular weight is 823 g/mol. The number of esters is 1. The second-order valence-corrected chi connectivity index (χ2v) is 19.8. The van der Waals surface area contributed by atoms with Crippen LogP contribution in [0.15, 0.2) is 12.1 Å². The van der Waals surface area contributed by atoms with Crippen LogP contribution in [-0.2, 0) is 26.2 Å². The van der Waals surface area contributed by atoms with Gasteiger partial charge in [0.05, 0.1) is 0 Å². The summed E-state index contributed by atoms with van der Waals surface area (Å²) in [6.07, 6.45) is 5.98. The number of aliphatic carboxylic acids is 1. The molecule has 10 heteroatoms. The van der Waals surface area contributed by atoms with Crippen molar-refractivity contribution in [1.29, 1.82) is 0 Å². The van der Waals surface area contributed by atoms with E-state index >= 15 is 0 Å². The van der Waals surface area contributed by atoms with Gasteiger partial charge in [0.25, 0.3) is 0 Å². The molecule has 0 radical (unpaired) electrons. The summed E-state index contributed by atoms with van der Waals surface area (Å²) in [4.78, 5) is 26.6. The molecule has 1 aromatic carbocycles. The number of ether oxygens (including phenoxy) is 3. The molecule has 1 spiro atoms. The maximum atomic E-state index is 12.9. The van der Waals surface area contributed by atoms with E-state index in [0.29, 0.717) is 30.4 Å². The van der Waals surface area contributed by atoms with Crippen LogP contribution in [0.3, 0.4) is 0 Å². The van der Waals surface area contributed by atoms with Crippen molar-refractivity contribution in [3.05, 3.63) is 23.3 Å². The number of hydrogen-bond acceptors (Lipinski definition) is 7. The van der Waals surface area contributed by atoms with Crippen LogP contribution in [0.1, 0.15) is 90.2 Å². The SMILES string of the molecule is COC1[C@@H]([C@](C)(O)C(C)(C)C)C[C@]2([I-]I)[C@H]3Cc4ccc(OC(=O)CCCCC(=O)O)c5c4[C@@]2(CCN3CC2CC2)[C@H]1O5. The number of benzene rings is 1. The Morgan fingerprint density at radius 1 is 1.19 bits per heavy atom. The molecule has 2 aliphatic heterocycles. The second kappa shape index (κ2) is 11.5. The Kier molecular flexibility index (Phi) is 8.64. The number of piperidine rings is 1. The number of carbonyl (C=O) groups is 2. The summed E-state index contributed by atoms with van der Waals surface area (Å²) in [5.41, 5.74) is 0.910. The molecule has 240 valence electrons. The maximum absolute atomic E-state index is 12.9. The van der Waals surface area contributed by atoms with Gasteiger partial charge in [0.2, 0.25) is 0 Å². The van der Waals surface area contributed by atoms with Crippen LogP contribution < -0.4 is 26.7 Å². The van der Waals surface area contributed by atoms with Gasteiger partial charge in [-0.15, -0.1) is 0 Å². The zero-order valence-electron chi connectivity index (χ0n) is 26.0. The first kappa shape index (κ1) is 32.2. The number of methoxy groups -OCH3 is 1. The molecule has 43 heavy (non-hydrogen) atoms. The predicted molar refractivity (Wildman–Crippen MR) is 166 cm³/mol. The van der Waals surface area contributed by atoms with Gasteiger partial charge in [0, 0.05) is 0 Å². The number of alkyl halides is 1. The van der Waals surface area contributed by atoms with Crippen molar-refractivity contribution in [3.8, 4) is 11.5 Å². The van der Waals surface area contributed by atoms with E-state index < -0.39 is 11.6 Å². The van der Waals surface area contributed by atoms with Crippen LogP contribution in [0.4, 0.5) is 0 Å². The van der Waals surface area contributed by atoms with Crippen LogP contribution in [0.25, 0.3) is 0 Å². The molecule has 1 aromatic rings. The first-order valence-electron chi connectivity index (χ1n) is 15.8. The Balaban J connectivity index is 1.44. The van der Waals surface area contributed by atoms with Gasteiger partial charge in [-0.1, -0.05) is 0 Å². The summed E-state index contributed by atoms with van der Waals surface area (Å²) in [6, 6.07) is 4.44. The van der Waals surface area contributed by atoms with Crippen LogP contribution >= 0.6 is 18.6 Å². The van der Waals surface area contributed by atoms with Crippen LogP contribution in [-0.4, -0.2) is 74.5 Å². The molecule has 7 atom stereocenters. The van der Waals surface area contributed by atoms with E-state index in [-0.39, 0.29) is 68.4 Å². The standard InChI is InChI=1S/C33H46I2NO7/c1-30(2,3)31(4,40)21-17-33(35-34)23-16-20-12-13-22(42-25(39)9-7-6-8-24(37)38)28-26(20)32(33,29(43-28)27(21)41-5)14-15-36(23)18-19-10-11-19/h12-13,19,21,23,27,29,40H,6-11,14-18H2,1-5H3,(H,37,38)/q-1/t21-,23+,27?,29-,31-,32-,33-/m0/s1. The average Bonchev–Trinajstić information content (AvgIpc) is 3.69. The summed E-state index contributed by atoms with van der Waals surface area (Å²) >= 11 is 2.37. The summed E-state index contributed by atoms with van der Waals surface area (Å²) in [6.45, 7) is 10.5. The molecule has 3 fully saturated rings. The van der Waals surface area contributed by atoms with Gasteiger partial charge < -0.3 is 5.11 Å². The number of likely N-dealkylation sites (tertiary alicyclic amines) is 1. The topological polar surface area (TPSA) is 106 Å². The number of nitrogens with zero attached hydrogens (tertiary/aromatic N) is 1. The number of unbranched alkanes of at least 4 members (excludes halogenated alkanes) is 1. The molecule has 5 aliphatic rings. The van der Waals surface area contributed by atoms with Crippen molar-refractivity contribution in [2.75, 3.05) is 20.2 Å². The quantitative estimate of drug-likeness (QED) is 0.115. The minimum absolute atomic E-state index is 0.0309.